The Kier molecular flexibility index (Phi) is 4.89. The van der Waals surface area contributed by atoms with Gasteiger partial charge in [0, 0.05) is 24.6 Å². The van der Waals surface area contributed by atoms with E-state index in [2.05, 4.69) is 10.3 Å². The van der Waals surface area contributed by atoms with Gasteiger partial charge in [-0.15, -0.1) is 0 Å². The maximum absolute atomic E-state index is 12.8. The van der Waals surface area contributed by atoms with Crippen LogP contribution in [-0.4, -0.2) is 30.3 Å². The van der Waals surface area contributed by atoms with Gasteiger partial charge in [0.15, 0.2) is 0 Å². The van der Waals surface area contributed by atoms with E-state index >= 15 is 0 Å². The monoisotopic (exact) mass is 364 g/mol. The van der Waals surface area contributed by atoms with Crippen LogP contribution in [0.25, 0.3) is 11.0 Å². The SMILES string of the molecule is O=C(NC[C@@H]1CCCO1)c1cc2ccc(O)cc2oc1=Nc1ccccc1. The molecular formula is C21H20N2O4. The summed E-state index contributed by atoms with van der Waals surface area (Å²) in [6, 6.07) is 15.8. The summed E-state index contributed by atoms with van der Waals surface area (Å²) in [6.45, 7) is 1.20. The number of phenols is 1. The molecule has 6 nitrogen and oxygen atoms in total. The lowest BCUT2D eigenvalue weighted by molar-refractivity contribution is 0.0854. The van der Waals surface area contributed by atoms with Crippen molar-refractivity contribution in [2.45, 2.75) is 18.9 Å². The fourth-order valence-corrected chi connectivity index (χ4v) is 3.08. The Bertz CT molecular complexity index is 1020. The fraction of sp³-hybridized carbons (Fsp3) is 0.238. The Labute approximate surface area is 156 Å². The minimum absolute atomic E-state index is 0.0535. The second kappa shape index (κ2) is 7.63. The van der Waals surface area contributed by atoms with Crippen LogP contribution >= 0.6 is 0 Å². The van der Waals surface area contributed by atoms with Gasteiger partial charge in [0.2, 0.25) is 5.55 Å². The first-order valence-corrected chi connectivity index (χ1v) is 8.95. The lowest BCUT2D eigenvalue weighted by Crippen LogP contribution is -2.34. The number of rotatable bonds is 4. The molecule has 1 aliphatic heterocycles. The molecule has 0 radical (unpaired) electrons. The second-order valence-corrected chi connectivity index (χ2v) is 6.48. The van der Waals surface area contributed by atoms with E-state index in [1.165, 1.54) is 6.07 Å². The molecule has 1 aromatic heterocycles. The lowest BCUT2D eigenvalue weighted by atomic mass is 10.1. The highest BCUT2D eigenvalue weighted by atomic mass is 16.5. The van der Waals surface area contributed by atoms with Crippen molar-refractivity contribution < 1.29 is 19.1 Å². The molecule has 1 aliphatic rings. The van der Waals surface area contributed by atoms with E-state index in [0.29, 0.717) is 28.8 Å². The number of carbonyl (C=O) groups excluding carboxylic acids is 1. The molecule has 1 amide bonds. The third kappa shape index (κ3) is 4.01. The van der Waals surface area contributed by atoms with Gasteiger partial charge < -0.3 is 19.6 Å². The van der Waals surface area contributed by atoms with Gasteiger partial charge in [-0.25, -0.2) is 4.99 Å². The summed E-state index contributed by atoms with van der Waals surface area (Å²) in [4.78, 5) is 17.3. The molecule has 27 heavy (non-hydrogen) atoms. The normalized spacial score (nSPS) is 17.3. The van der Waals surface area contributed by atoms with Crippen LogP contribution in [-0.2, 0) is 4.74 Å². The average Bonchev–Trinajstić information content (AvgIpc) is 3.20. The molecule has 2 heterocycles. The molecular weight excluding hydrogens is 344 g/mol. The van der Waals surface area contributed by atoms with Gasteiger partial charge in [-0.1, -0.05) is 18.2 Å². The maximum atomic E-state index is 12.8. The molecule has 0 spiro atoms. The summed E-state index contributed by atoms with van der Waals surface area (Å²) < 4.78 is 11.4. The number of hydrogen-bond donors (Lipinski definition) is 2. The summed E-state index contributed by atoms with van der Waals surface area (Å²) in [5.74, 6) is -0.175. The predicted octanol–water partition coefficient (Wildman–Crippen LogP) is 3.28. The number of phenolic OH excluding ortho intramolecular Hbond substituents is 1. The Hall–Kier alpha value is -3.12. The van der Waals surface area contributed by atoms with Crippen LogP contribution in [0.1, 0.15) is 23.2 Å². The zero-order valence-electron chi connectivity index (χ0n) is 14.7. The number of ether oxygens (including phenoxy) is 1. The van der Waals surface area contributed by atoms with Crippen LogP contribution in [0.5, 0.6) is 5.75 Å². The minimum Gasteiger partial charge on any atom is -0.508 e. The molecule has 6 heteroatoms. The van der Waals surface area contributed by atoms with E-state index in [1.807, 2.05) is 30.3 Å². The van der Waals surface area contributed by atoms with Crippen LogP contribution in [0.4, 0.5) is 5.69 Å². The molecule has 4 rings (SSSR count). The van der Waals surface area contributed by atoms with Crippen molar-refractivity contribution in [3.8, 4) is 5.75 Å². The quantitative estimate of drug-likeness (QED) is 0.744. The van der Waals surface area contributed by atoms with Gasteiger partial charge in [-0.2, -0.15) is 0 Å². The summed E-state index contributed by atoms with van der Waals surface area (Å²) in [7, 11) is 0. The zero-order valence-corrected chi connectivity index (χ0v) is 14.7. The molecule has 0 saturated carbocycles. The number of nitrogens with zero attached hydrogens (tertiary/aromatic N) is 1. The maximum Gasteiger partial charge on any atom is 0.256 e. The molecule has 0 bridgehead atoms. The van der Waals surface area contributed by atoms with Crippen molar-refractivity contribution >= 4 is 22.6 Å². The molecule has 0 aliphatic carbocycles. The average molecular weight is 364 g/mol. The first kappa shape index (κ1) is 17.3. The van der Waals surface area contributed by atoms with Crippen molar-refractivity contribution in [1.82, 2.24) is 5.32 Å². The Morgan fingerprint density at radius 3 is 2.81 bits per heavy atom. The number of fused-ring (bicyclic) bond motifs is 1. The van der Waals surface area contributed by atoms with Crippen LogP contribution in [0, 0.1) is 0 Å². The molecule has 3 aromatic rings. The largest absolute Gasteiger partial charge is 0.508 e. The van der Waals surface area contributed by atoms with Crippen molar-refractivity contribution in [3.63, 3.8) is 0 Å². The van der Waals surface area contributed by atoms with Crippen molar-refractivity contribution in [2.75, 3.05) is 13.2 Å². The fourth-order valence-electron chi connectivity index (χ4n) is 3.08. The Balaban J connectivity index is 1.74. The standard InChI is InChI=1S/C21H20N2O4/c24-16-9-8-14-11-18(20(25)22-13-17-7-4-10-26-17)21(27-19(14)12-16)23-15-5-2-1-3-6-15/h1-3,5-6,8-9,11-12,17,24H,4,7,10,13H2,(H,22,25)/t17-/m0/s1. The van der Waals surface area contributed by atoms with Crippen molar-refractivity contribution in [3.05, 3.63) is 65.7 Å². The minimum atomic E-state index is -0.265. The first-order chi connectivity index (χ1) is 13.2. The topological polar surface area (TPSA) is 84.1 Å². The lowest BCUT2D eigenvalue weighted by Gasteiger charge is -2.11. The molecule has 2 aromatic carbocycles. The smallest absolute Gasteiger partial charge is 0.256 e. The molecule has 0 unspecified atom stereocenters. The number of amides is 1. The molecule has 138 valence electrons. The molecule has 1 fully saturated rings. The number of nitrogens with one attached hydrogen (secondary N) is 1. The van der Waals surface area contributed by atoms with E-state index in [9.17, 15) is 9.90 Å². The molecule has 1 atom stereocenters. The van der Waals surface area contributed by atoms with Crippen LogP contribution in [0.15, 0.2) is 64.0 Å². The van der Waals surface area contributed by atoms with E-state index in [4.69, 9.17) is 9.15 Å². The second-order valence-electron chi connectivity index (χ2n) is 6.48. The summed E-state index contributed by atoms with van der Waals surface area (Å²) in [6.07, 6.45) is 2.02. The number of carbonyl (C=O) groups is 1. The zero-order chi connectivity index (χ0) is 18.6. The number of para-hydroxylation sites is 1. The highest BCUT2D eigenvalue weighted by Gasteiger charge is 2.18. The Morgan fingerprint density at radius 1 is 1.19 bits per heavy atom. The van der Waals surface area contributed by atoms with E-state index in [0.717, 1.165) is 19.4 Å². The van der Waals surface area contributed by atoms with E-state index in [1.54, 1.807) is 18.2 Å². The predicted molar refractivity (Wildman–Crippen MR) is 101 cm³/mol. The van der Waals surface area contributed by atoms with Crippen LogP contribution in [0.2, 0.25) is 0 Å². The summed E-state index contributed by atoms with van der Waals surface area (Å²) in [5, 5.41) is 13.3. The Morgan fingerprint density at radius 2 is 2.04 bits per heavy atom. The third-order valence-electron chi connectivity index (χ3n) is 4.48. The van der Waals surface area contributed by atoms with Gasteiger partial charge >= 0.3 is 0 Å². The van der Waals surface area contributed by atoms with Crippen molar-refractivity contribution in [2.24, 2.45) is 4.99 Å². The number of hydrogen-bond acceptors (Lipinski definition) is 5. The van der Waals surface area contributed by atoms with Gasteiger partial charge in [0.05, 0.1) is 11.8 Å². The van der Waals surface area contributed by atoms with Gasteiger partial charge in [-0.3, -0.25) is 4.79 Å². The number of benzene rings is 2. The summed E-state index contributed by atoms with van der Waals surface area (Å²) >= 11 is 0. The number of aromatic hydroxyl groups is 1. The van der Waals surface area contributed by atoms with Crippen LogP contribution in [0.3, 0.4) is 0 Å². The van der Waals surface area contributed by atoms with Gasteiger partial charge in [-0.05, 0) is 43.2 Å². The van der Waals surface area contributed by atoms with E-state index < -0.39 is 0 Å². The highest BCUT2D eigenvalue weighted by molar-refractivity contribution is 5.96. The first-order valence-electron chi connectivity index (χ1n) is 8.95. The van der Waals surface area contributed by atoms with Crippen molar-refractivity contribution in [1.29, 1.82) is 0 Å². The van der Waals surface area contributed by atoms with Gasteiger partial charge in [0.1, 0.15) is 16.9 Å². The van der Waals surface area contributed by atoms with E-state index in [-0.39, 0.29) is 23.3 Å². The van der Waals surface area contributed by atoms with Crippen LogP contribution < -0.4 is 10.9 Å². The molecule has 2 N–H and O–H groups in total. The van der Waals surface area contributed by atoms with Gasteiger partial charge in [0.25, 0.3) is 5.91 Å². The molecule has 1 saturated heterocycles. The summed E-state index contributed by atoms with van der Waals surface area (Å²) in [5.41, 5.74) is 1.67. The third-order valence-corrected chi connectivity index (χ3v) is 4.48. The highest BCUT2D eigenvalue weighted by Crippen LogP contribution is 2.20.